The molecule has 8 heteroatoms. The van der Waals surface area contributed by atoms with Crippen LogP contribution in [-0.2, 0) is 17.6 Å². The Kier molecular flexibility index (Phi) is 6.60. The Labute approximate surface area is 209 Å². The summed E-state index contributed by atoms with van der Waals surface area (Å²) in [5, 5.41) is 8.18. The highest BCUT2D eigenvalue weighted by Gasteiger charge is 2.35. The second kappa shape index (κ2) is 9.84. The van der Waals surface area contributed by atoms with E-state index in [0.717, 1.165) is 35.8 Å². The molecular formula is C28H31FN4O3. The van der Waals surface area contributed by atoms with Crippen molar-refractivity contribution in [3.8, 4) is 0 Å². The minimum Gasteiger partial charge on any atom is -0.339 e. The number of fused-ring (bicyclic) bond motifs is 1. The van der Waals surface area contributed by atoms with Crippen molar-refractivity contribution < 1.29 is 14.0 Å². The first-order chi connectivity index (χ1) is 17.3. The van der Waals surface area contributed by atoms with Gasteiger partial charge in [-0.15, -0.1) is 0 Å². The number of carbonyl (C=O) groups excluding carboxylic acids is 2. The largest absolute Gasteiger partial charge is 0.339 e. The molecule has 1 saturated heterocycles. The number of nitrogens with zero attached hydrogens (tertiary/aromatic N) is 3. The SMILES string of the molecule is CC(C)Cc1ccc2c(=O)[nH]nc(Cc3ccc(F)c(C(=O)N4CCN(C(=O)C5CC5)CC4)c3)c2c1. The Hall–Kier alpha value is -3.55. The van der Waals surface area contributed by atoms with Crippen LogP contribution >= 0.6 is 0 Å². The zero-order valence-corrected chi connectivity index (χ0v) is 20.7. The van der Waals surface area contributed by atoms with Gasteiger partial charge in [0.05, 0.1) is 16.6 Å². The molecule has 0 spiro atoms. The maximum absolute atomic E-state index is 14.7. The van der Waals surface area contributed by atoms with Crippen LogP contribution in [0.15, 0.2) is 41.2 Å². The van der Waals surface area contributed by atoms with Gasteiger partial charge >= 0.3 is 0 Å². The number of hydrogen-bond donors (Lipinski definition) is 1. The highest BCUT2D eigenvalue weighted by molar-refractivity contribution is 5.95. The number of aromatic amines is 1. The summed E-state index contributed by atoms with van der Waals surface area (Å²) in [6.07, 6.45) is 3.14. The van der Waals surface area contributed by atoms with Crippen LogP contribution in [-0.4, -0.2) is 58.0 Å². The molecule has 3 aromatic rings. The Morgan fingerprint density at radius 1 is 1.00 bits per heavy atom. The third-order valence-corrected chi connectivity index (χ3v) is 7.01. The van der Waals surface area contributed by atoms with Crippen molar-refractivity contribution in [2.24, 2.45) is 11.8 Å². The van der Waals surface area contributed by atoms with E-state index in [2.05, 4.69) is 24.0 Å². The molecule has 0 unspecified atom stereocenters. The topological polar surface area (TPSA) is 86.4 Å². The third-order valence-electron chi connectivity index (χ3n) is 7.01. The Morgan fingerprint density at radius 3 is 2.39 bits per heavy atom. The zero-order chi connectivity index (χ0) is 25.4. The molecule has 1 N–H and O–H groups in total. The van der Waals surface area contributed by atoms with Gasteiger partial charge in [0.25, 0.3) is 11.5 Å². The number of nitrogens with one attached hydrogen (secondary N) is 1. The lowest BCUT2D eigenvalue weighted by atomic mass is 9.97. The molecule has 1 aromatic heterocycles. The maximum Gasteiger partial charge on any atom is 0.272 e. The third kappa shape index (κ3) is 5.03. The van der Waals surface area contributed by atoms with E-state index in [-0.39, 0.29) is 28.9 Å². The Balaban J connectivity index is 1.36. The second-order valence-electron chi connectivity index (χ2n) is 10.4. The molecule has 0 atom stereocenters. The highest BCUT2D eigenvalue weighted by atomic mass is 19.1. The van der Waals surface area contributed by atoms with Crippen LogP contribution in [0.3, 0.4) is 0 Å². The molecule has 2 aromatic carbocycles. The molecule has 36 heavy (non-hydrogen) atoms. The van der Waals surface area contributed by atoms with Crippen LogP contribution in [0, 0.1) is 17.7 Å². The van der Waals surface area contributed by atoms with Gasteiger partial charge < -0.3 is 9.80 Å². The monoisotopic (exact) mass is 490 g/mol. The first-order valence-electron chi connectivity index (χ1n) is 12.7. The quantitative estimate of drug-likeness (QED) is 0.573. The predicted octanol–water partition coefficient (Wildman–Crippen LogP) is 3.55. The highest BCUT2D eigenvalue weighted by Crippen LogP contribution is 2.31. The van der Waals surface area contributed by atoms with E-state index in [1.165, 1.54) is 6.07 Å². The Bertz CT molecular complexity index is 1370. The van der Waals surface area contributed by atoms with Crippen molar-refractivity contribution in [2.45, 2.75) is 39.5 Å². The van der Waals surface area contributed by atoms with Crippen molar-refractivity contribution in [3.05, 3.63) is 75.0 Å². The van der Waals surface area contributed by atoms with Gasteiger partial charge in [-0.2, -0.15) is 5.10 Å². The van der Waals surface area contributed by atoms with E-state index >= 15 is 0 Å². The van der Waals surface area contributed by atoms with E-state index in [1.54, 1.807) is 17.0 Å². The normalized spacial score (nSPS) is 16.1. The van der Waals surface area contributed by atoms with Crippen LogP contribution < -0.4 is 5.56 Å². The van der Waals surface area contributed by atoms with Gasteiger partial charge in [0.15, 0.2) is 0 Å². The number of halogens is 1. The molecule has 0 radical (unpaired) electrons. The lowest BCUT2D eigenvalue weighted by Crippen LogP contribution is -2.51. The number of H-pyrrole nitrogens is 1. The van der Waals surface area contributed by atoms with Crippen molar-refractivity contribution in [2.75, 3.05) is 26.2 Å². The number of hydrogen-bond acceptors (Lipinski definition) is 4. The number of benzene rings is 2. The molecule has 188 valence electrons. The molecule has 2 fully saturated rings. The number of aromatic nitrogens is 2. The number of rotatable bonds is 6. The summed E-state index contributed by atoms with van der Waals surface area (Å²) < 4.78 is 14.7. The average molecular weight is 491 g/mol. The molecule has 2 heterocycles. The van der Waals surface area contributed by atoms with Gasteiger partial charge in [0, 0.05) is 43.9 Å². The molecule has 2 amide bonds. The molecule has 2 aliphatic rings. The number of amides is 2. The summed E-state index contributed by atoms with van der Waals surface area (Å²) in [6, 6.07) is 10.3. The summed E-state index contributed by atoms with van der Waals surface area (Å²) in [4.78, 5) is 41.2. The van der Waals surface area contributed by atoms with Gasteiger partial charge in [0.2, 0.25) is 5.91 Å². The first-order valence-corrected chi connectivity index (χ1v) is 12.7. The second-order valence-corrected chi connectivity index (χ2v) is 10.4. The van der Waals surface area contributed by atoms with Crippen molar-refractivity contribution in [1.29, 1.82) is 0 Å². The van der Waals surface area contributed by atoms with Crippen LogP contribution in [0.1, 0.15) is 53.9 Å². The van der Waals surface area contributed by atoms with Gasteiger partial charge in [-0.3, -0.25) is 14.4 Å². The minimum absolute atomic E-state index is 0.0173. The summed E-state index contributed by atoms with van der Waals surface area (Å²) in [5.41, 5.74) is 2.30. The van der Waals surface area contributed by atoms with E-state index < -0.39 is 5.82 Å². The first kappa shape index (κ1) is 24.2. The molecule has 7 nitrogen and oxygen atoms in total. The van der Waals surface area contributed by atoms with Crippen molar-refractivity contribution in [1.82, 2.24) is 20.0 Å². The molecule has 5 rings (SSSR count). The summed E-state index contributed by atoms with van der Waals surface area (Å²) in [7, 11) is 0. The molecular weight excluding hydrogens is 459 g/mol. The molecule has 0 bridgehead atoms. The fraction of sp³-hybridized carbons (Fsp3) is 0.429. The van der Waals surface area contributed by atoms with Crippen LogP contribution in [0.2, 0.25) is 0 Å². The van der Waals surface area contributed by atoms with Gasteiger partial charge in [0.1, 0.15) is 5.82 Å². The summed E-state index contributed by atoms with van der Waals surface area (Å²) in [6.45, 7) is 6.03. The fourth-order valence-corrected chi connectivity index (χ4v) is 4.93. The number of carbonyl (C=O) groups is 2. The summed E-state index contributed by atoms with van der Waals surface area (Å²) in [5.74, 6) is -0.141. The maximum atomic E-state index is 14.7. The molecule has 1 saturated carbocycles. The predicted molar refractivity (Wildman–Crippen MR) is 135 cm³/mol. The van der Waals surface area contributed by atoms with Crippen molar-refractivity contribution >= 4 is 22.6 Å². The van der Waals surface area contributed by atoms with E-state index in [9.17, 15) is 18.8 Å². The van der Waals surface area contributed by atoms with Crippen molar-refractivity contribution in [3.63, 3.8) is 0 Å². The molecule has 1 aliphatic heterocycles. The standard InChI is InChI=1S/C28H31FN4O3/c1-17(2)13-18-3-7-21-22(14-18)25(30-31-26(21)34)16-19-4-8-24(29)23(15-19)28(36)33-11-9-32(10-12-33)27(35)20-5-6-20/h3-4,7-8,14-15,17,20H,5-6,9-13,16H2,1-2H3,(H,31,34). The van der Waals surface area contributed by atoms with Gasteiger partial charge in [-0.25, -0.2) is 9.49 Å². The Morgan fingerprint density at radius 2 is 1.69 bits per heavy atom. The fourth-order valence-electron chi connectivity index (χ4n) is 4.93. The lowest BCUT2D eigenvalue weighted by Gasteiger charge is -2.35. The van der Waals surface area contributed by atoms with E-state index in [0.29, 0.717) is 49.6 Å². The van der Waals surface area contributed by atoms with Crippen LogP contribution in [0.5, 0.6) is 0 Å². The number of piperazine rings is 1. The van der Waals surface area contributed by atoms with Gasteiger partial charge in [-0.1, -0.05) is 26.0 Å². The van der Waals surface area contributed by atoms with Crippen LogP contribution in [0.25, 0.3) is 10.8 Å². The smallest absolute Gasteiger partial charge is 0.272 e. The lowest BCUT2D eigenvalue weighted by molar-refractivity contribution is -0.134. The summed E-state index contributed by atoms with van der Waals surface area (Å²) >= 11 is 0. The van der Waals surface area contributed by atoms with Crippen LogP contribution in [0.4, 0.5) is 4.39 Å². The van der Waals surface area contributed by atoms with E-state index in [1.807, 2.05) is 23.1 Å². The minimum atomic E-state index is -0.571. The molecule has 1 aliphatic carbocycles. The van der Waals surface area contributed by atoms with E-state index in [4.69, 9.17) is 0 Å². The average Bonchev–Trinajstić information content (AvgIpc) is 3.71. The van der Waals surface area contributed by atoms with Gasteiger partial charge in [-0.05, 0) is 60.6 Å². The zero-order valence-electron chi connectivity index (χ0n) is 20.7.